The number of aromatic nitrogens is 2. The molecule has 4 rings (SSSR count). The Kier molecular flexibility index (Phi) is 4.88. The third-order valence-corrected chi connectivity index (χ3v) is 4.88. The molecule has 1 aromatic heterocycles. The Morgan fingerprint density at radius 1 is 1.15 bits per heavy atom. The van der Waals surface area contributed by atoms with Gasteiger partial charge in [-0.3, -0.25) is 4.79 Å². The highest BCUT2D eigenvalue weighted by atomic mass is 16.1. The van der Waals surface area contributed by atoms with E-state index >= 15 is 0 Å². The van der Waals surface area contributed by atoms with Gasteiger partial charge in [-0.25, -0.2) is 4.68 Å². The predicted octanol–water partition coefficient (Wildman–Crippen LogP) is 4.46. The van der Waals surface area contributed by atoms with E-state index in [0.717, 1.165) is 11.3 Å². The maximum atomic E-state index is 12.5. The third-order valence-electron chi connectivity index (χ3n) is 4.88. The van der Waals surface area contributed by atoms with E-state index in [4.69, 9.17) is 0 Å². The first-order valence-electron chi connectivity index (χ1n) is 9.34. The highest BCUT2D eigenvalue weighted by molar-refractivity contribution is 5.92. The van der Waals surface area contributed by atoms with Gasteiger partial charge in [0, 0.05) is 17.8 Å². The monoisotopic (exact) mass is 357 g/mol. The van der Waals surface area contributed by atoms with Gasteiger partial charge in [0.25, 0.3) is 0 Å². The smallest absolute Gasteiger partial charge is 0.244 e. The van der Waals surface area contributed by atoms with Crippen LogP contribution in [0.1, 0.15) is 35.6 Å². The lowest BCUT2D eigenvalue weighted by atomic mass is 10.0. The van der Waals surface area contributed by atoms with Gasteiger partial charge in [-0.1, -0.05) is 48.0 Å². The molecule has 1 unspecified atom stereocenters. The number of hydrogen-bond acceptors (Lipinski definition) is 2. The Morgan fingerprint density at radius 3 is 2.59 bits per heavy atom. The molecule has 0 aliphatic heterocycles. The van der Waals surface area contributed by atoms with Crippen molar-refractivity contribution in [1.82, 2.24) is 15.1 Å². The van der Waals surface area contributed by atoms with Crippen LogP contribution in [0.15, 0.2) is 73.1 Å². The fraction of sp³-hybridized carbons (Fsp3) is 0.217. The van der Waals surface area contributed by atoms with Crippen molar-refractivity contribution in [3.63, 3.8) is 0 Å². The molecule has 1 amide bonds. The van der Waals surface area contributed by atoms with Gasteiger partial charge in [0.05, 0.1) is 17.9 Å². The molecule has 1 aliphatic carbocycles. The first-order valence-corrected chi connectivity index (χ1v) is 9.34. The summed E-state index contributed by atoms with van der Waals surface area (Å²) in [5.41, 5.74) is 4.30. The van der Waals surface area contributed by atoms with Crippen LogP contribution in [-0.2, 0) is 4.79 Å². The Morgan fingerprint density at radius 2 is 1.89 bits per heavy atom. The van der Waals surface area contributed by atoms with Gasteiger partial charge in [0.2, 0.25) is 5.91 Å². The average Bonchev–Trinajstić information content (AvgIpc) is 3.43. The number of amides is 1. The topological polar surface area (TPSA) is 46.9 Å². The molecule has 4 heteroatoms. The highest BCUT2D eigenvalue weighted by Gasteiger charge is 2.32. The molecule has 3 aromatic rings. The summed E-state index contributed by atoms with van der Waals surface area (Å²) in [4.78, 5) is 12.5. The molecule has 0 bridgehead atoms. The minimum Gasteiger partial charge on any atom is -0.345 e. The summed E-state index contributed by atoms with van der Waals surface area (Å²) in [5.74, 6) is 0.478. The molecule has 1 fully saturated rings. The van der Waals surface area contributed by atoms with E-state index in [2.05, 4.69) is 41.6 Å². The van der Waals surface area contributed by atoms with Gasteiger partial charge in [-0.2, -0.15) is 5.10 Å². The van der Waals surface area contributed by atoms with Gasteiger partial charge in [-0.05, 0) is 49.5 Å². The molecule has 2 aromatic carbocycles. The lowest BCUT2D eigenvalue weighted by Gasteiger charge is -2.18. The van der Waals surface area contributed by atoms with Crippen LogP contribution in [0.4, 0.5) is 0 Å². The Balaban J connectivity index is 1.42. The quantitative estimate of drug-likeness (QED) is 0.662. The second-order valence-corrected chi connectivity index (χ2v) is 7.12. The molecule has 0 radical (unpaired) electrons. The van der Waals surface area contributed by atoms with Crippen LogP contribution < -0.4 is 5.32 Å². The maximum Gasteiger partial charge on any atom is 0.244 e. The van der Waals surface area contributed by atoms with Crippen LogP contribution in [0.3, 0.4) is 0 Å². The van der Waals surface area contributed by atoms with Crippen molar-refractivity contribution in [1.29, 1.82) is 0 Å². The normalized spacial score (nSPS) is 15.0. The molecule has 1 atom stereocenters. The van der Waals surface area contributed by atoms with Crippen molar-refractivity contribution in [2.75, 3.05) is 0 Å². The van der Waals surface area contributed by atoms with Crippen LogP contribution >= 0.6 is 0 Å². The standard InChI is InChI=1S/C23H23N3O/c1-17-7-10-19(11-8-17)23(20-12-13-20)25-22(27)14-9-18-15-24-26(16-18)21-5-3-2-4-6-21/h2-11,14-16,20,23H,12-13H2,1H3,(H,25,27). The largest absolute Gasteiger partial charge is 0.345 e. The van der Waals surface area contributed by atoms with E-state index in [1.165, 1.54) is 24.0 Å². The molecule has 136 valence electrons. The van der Waals surface area contributed by atoms with Gasteiger partial charge in [0.1, 0.15) is 0 Å². The zero-order chi connectivity index (χ0) is 18.6. The summed E-state index contributed by atoms with van der Waals surface area (Å²) in [6, 6.07) is 18.4. The summed E-state index contributed by atoms with van der Waals surface area (Å²) in [6.07, 6.45) is 9.42. The Bertz CT molecular complexity index is 937. The molecule has 1 N–H and O–H groups in total. The second-order valence-electron chi connectivity index (χ2n) is 7.12. The predicted molar refractivity (Wildman–Crippen MR) is 107 cm³/mol. The van der Waals surface area contributed by atoms with Crippen molar-refractivity contribution >= 4 is 12.0 Å². The van der Waals surface area contributed by atoms with Crippen LogP contribution in [0.25, 0.3) is 11.8 Å². The first kappa shape index (κ1) is 17.3. The van der Waals surface area contributed by atoms with Crippen molar-refractivity contribution < 1.29 is 4.79 Å². The minimum atomic E-state index is -0.0695. The van der Waals surface area contributed by atoms with Crippen LogP contribution in [0, 0.1) is 12.8 Å². The molecule has 0 spiro atoms. The number of benzene rings is 2. The van der Waals surface area contributed by atoms with E-state index in [-0.39, 0.29) is 11.9 Å². The van der Waals surface area contributed by atoms with Crippen LogP contribution in [0.2, 0.25) is 0 Å². The lowest BCUT2D eigenvalue weighted by molar-refractivity contribution is -0.117. The zero-order valence-corrected chi connectivity index (χ0v) is 15.4. The fourth-order valence-corrected chi connectivity index (χ4v) is 3.19. The van der Waals surface area contributed by atoms with Crippen LogP contribution in [0.5, 0.6) is 0 Å². The van der Waals surface area contributed by atoms with Gasteiger partial charge >= 0.3 is 0 Å². The molecule has 0 saturated heterocycles. The average molecular weight is 357 g/mol. The zero-order valence-electron chi connectivity index (χ0n) is 15.4. The fourth-order valence-electron chi connectivity index (χ4n) is 3.19. The van der Waals surface area contributed by atoms with Crippen LogP contribution in [-0.4, -0.2) is 15.7 Å². The molecule has 4 nitrogen and oxygen atoms in total. The number of aryl methyl sites for hydroxylation is 1. The van der Waals surface area contributed by atoms with Crippen molar-refractivity contribution in [3.05, 3.63) is 89.8 Å². The van der Waals surface area contributed by atoms with Gasteiger partial charge < -0.3 is 5.32 Å². The van der Waals surface area contributed by atoms with E-state index < -0.39 is 0 Å². The van der Waals surface area contributed by atoms with E-state index in [9.17, 15) is 4.79 Å². The lowest BCUT2D eigenvalue weighted by Crippen LogP contribution is -2.28. The summed E-state index contributed by atoms with van der Waals surface area (Å²) >= 11 is 0. The summed E-state index contributed by atoms with van der Waals surface area (Å²) in [6.45, 7) is 2.08. The Labute approximate surface area is 159 Å². The SMILES string of the molecule is Cc1ccc(C(NC(=O)C=Cc2cnn(-c3ccccc3)c2)C2CC2)cc1. The highest BCUT2D eigenvalue weighted by Crippen LogP contribution is 2.41. The summed E-state index contributed by atoms with van der Waals surface area (Å²) in [7, 11) is 0. The van der Waals surface area contributed by atoms with Gasteiger partial charge in [0.15, 0.2) is 0 Å². The second kappa shape index (κ2) is 7.62. The van der Waals surface area contributed by atoms with Gasteiger partial charge in [-0.15, -0.1) is 0 Å². The number of nitrogens with zero attached hydrogens (tertiary/aromatic N) is 2. The minimum absolute atomic E-state index is 0.0695. The van der Waals surface area contributed by atoms with Crippen molar-refractivity contribution in [2.24, 2.45) is 5.92 Å². The number of rotatable bonds is 6. The number of nitrogens with one attached hydrogen (secondary N) is 1. The molecular weight excluding hydrogens is 334 g/mol. The van der Waals surface area contributed by atoms with Crippen molar-refractivity contribution in [3.8, 4) is 5.69 Å². The Hall–Kier alpha value is -3.14. The first-order chi connectivity index (χ1) is 13.2. The number of carbonyl (C=O) groups excluding carboxylic acids is 1. The van der Waals surface area contributed by atoms with Crippen molar-refractivity contribution in [2.45, 2.75) is 25.8 Å². The third kappa shape index (κ3) is 4.34. The summed E-state index contributed by atoms with van der Waals surface area (Å²) < 4.78 is 1.80. The van der Waals surface area contributed by atoms with E-state index in [0.29, 0.717) is 5.92 Å². The number of para-hydroxylation sites is 1. The molecule has 1 saturated carbocycles. The molecule has 1 heterocycles. The maximum absolute atomic E-state index is 12.5. The molecule has 27 heavy (non-hydrogen) atoms. The summed E-state index contributed by atoms with van der Waals surface area (Å²) in [5, 5.41) is 7.52. The van der Waals surface area contributed by atoms with E-state index in [1.54, 1.807) is 23.0 Å². The molecular formula is C23H23N3O. The number of hydrogen-bond donors (Lipinski definition) is 1. The van der Waals surface area contributed by atoms with E-state index in [1.807, 2.05) is 36.5 Å². The molecule has 1 aliphatic rings. The number of carbonyl (C=O) groups is 1.